The number of aromatic nitrogens is 1. The fourth-order valence-electron chi connectivity index (χ4n) is 5.49. The number of carbonyl (C=O) groups is 1. The van der Waals surface area contributed by atoms with Gasteiger partial charge in [0.05, 0.1) is 11.6 Å². The number of piperidine rings is 3. The maximum Gasteiger partial charge on any atom is 0.255 e. The van der Waals surface area contributed by atoms with Crippen LogP contribution in [-0.2, 0) is 0 Å². The second-order valence-electron chi connectivity index (χ2n) is 8.25. The molecule has 0 saturated carbocycles. The predicted molar refractivity (Wildman–Crippen MR) is 101 cm³/mol. The van der Waals surface area contributed by atoms with Gasteiger partial charge in [-0.25, -0.2) is 8.78 Å². The van der Waals surface area contributed by atoms with E-state index in [2.05, 4.69) is 9.88 Å². The maximum atomic E-state index is 14.6. The molecule has 2 aromatic rings. The van der Waals surface area contributed by atoms with Gasteiger partial charge in [0.25, 0.3) is 5.91 Å². The molecule has 28 heavy (non-hydrogen) atoms. The van der Waals surface area contributed by atoms with Gasteiger partial charge in [-0.3, -0.25) is 14.7 Å². The minimum atomic E-state index is -0.822. The fourth-order valence-corrected chi connectivity index (χ4v) is 5.49. The van der Waals surface area contributed by atoms with E-state index in [4.69, 9.17) is 0 Å². The molecule has 1 aromatic carbocycles. The number of nitrogens with zero attached hydrogens (tertiary/aromatic N) is 3. The van der Waals surface area contributed by atoms with Crippen molar-refractivity contribution in [1.82, 2.24) is 14.8 Å². The summed E-state index contributed by atoms with van der Waals surface area (Å²) in [4.78, 5) is 21.9. The number of benzene rings is 1. The van der Waals surface area contributed by atoms with Gasteiger partial charge in [-0.2, -0.15) is 0 Å². The van der Waals surface area contributed by atoms with Crippen molar-refractivity contribution in [1.29, 1.82) is 0 Å². The van der Waals surface area contributed by atoms with Crippen LogP contribution in [0.5, 0.6) is 0 Å². The Balaban J connectivity index is 1.55. The quantitative estimate of drug-likeness (QED) is 0.798. The molecule has 4 saturated heterocycles. The number of hydrogen-bond acceptors (Lipinski definition) is 3. The molecule has 4 fully saturated rings. The van der Waals surface area contributed by atoms with E-state index in [0.29, 0.717) is 23.6 Å². The highest BCUT2D eigenvalue weighted by Gasteiger charge is 2.55. The predicted octanol–water partition coefficient (Wildman–Crippen LogP) is 3.37. The van der Waals surface area contributed by atoms with E-state index in [0.717, 1.165) is 37.7 Å². The van der Waals surface area contributed by atoms with Crippen molar-refractivity contribution in [2.45, 2.75) is 37.8 Å². The van der Waals surface area contributed by atoms with Crippen molar-refractivity contribution in [2.24, 2.45) is 5.92 Å². The van der Waals surface area contributed by atoms with E-state index in [-0.39, 0.29) is 23.9 Å². The summed E-state index contributed by atoms with van der Waals surface area (Å²) < 4.78 is 28.6. The number of halogens is 2. The molecule has 0 spiro atoms. The van der Waals surface area contributed by atoms with Crippen LogP contribution in [0.1, 0.15) is 40.4 Å². The Bertz CT molecular complexity index is 908. The molecule has 4 aliphatic rings. The lowest BCUT2D eigenvalue weighted by atomic mass is 9.75. The van der Waals surface area contributed by atoms with E-state index in [1.165, 1.54) is 0 Å². The topological polar surface area (TPSA) is 36.4 Å². The largest absolute Gasteiger partial charge is 0.333 e. The summed E-state index contributed by atoms with van der Waals surface area (Å²) in [6.45, 7) is 4.23. The van der Waals surface area contributed by atoms with Gasteiger partial charge in [0, 0.05) is 30.4 Å². The first kappa shape index (κ1) is 17.7. The van der Waals surface area contributed by atoms with Crippen molar-refractivity contribution in [3.63, 3.8) is 0 Å². The Morgan fingerprint density at radius 1 is 1.11 bits per heavy atom. The van der Waals surface area contributed by atoms with Gasteiger partial charge < -0.3 is 4.90 Å². The number of carbonyl (C=O) groups excluding carboxylic acids is 1. The molecule has 0 N–H and O–H groups in total. The number of hydrogen-bond donors (Lipinski definition) is 0. The first-order valence-electron chi connectivity index (χ1n) is 9.96. The molecule has 6 rings (SSSR count). The first-order valence-corrected chi connectivity index (χ1v) is 9.96. The molecular formula is C22H23F2N3O. The standard InChI is InChI=1S/C22H23F2N3O/c1-13-5-6-15(11-25-13)22(28)27-12-17(16-3-2-4-18(23)19(16)24)21-20(27)14-7-9-26(21)10-8-14/h2-6,11,14,17,20-21H,7-10,12H2,1H3/t17-,20+,21+/m1/s1. The average molecular weight is 383 g/mol. The summed E-state index contributed by atoms with van der Waals surface area (Å²) in [6.07, 6.45) is 3.72. The van der Waals surface area contributed by atoms with Crippen molar-refractivity contribution in [2.75, 3.05) is 19.6 Å². The normalized spacial score (nSPS) is 31.1. The second-order valence-corrected chi connectivity index (χ2v) is 8.25. The first-order chi connectivity index (χ1) is 13.5. The number of fused-ring (bicyclic) bond motifs is 2. The Morgan fingerprint density at radius 2 is 1.89 bits per heavy atom. The number of rotatable bonds is 2. The fraction of sp³-hybridized carbons (Fsp3) is 0.455. The van der Waals surface area contributed by atoms with Crippen molar-refractivity contribution < 1.29 is 13.6 Å². The third kappa shape index (κ3) is 2.65. The molecule has 2 bridgehead atoms. The summed E-state index contributed by atoms with van der Waals surface area (Å²) in [7, 11) is 0. The smallest absolute Gasteiger partial charge is 0.255 e. The zero-order chi connectivity index (χ0) is 19.4. The molecule has 1 amide bonds. The Hall–Kier alpha value is -2.34. The van der Waals surface area contributed by atoms with E-state index in [1.807, 2.05) is 17.9 Å². The van der Waals surface area contributed by atoms with Gasteiger partial charge >= 0.3 is 0 Å². The summed E-state index contributed by atoms with van der Waals surface area (Å²) in [5.41, 5.74) is 1.81. The van der Waals surface area contributed by atoms with Crippen LogP contribution >= 0.6 is 0 Å². The van der Waals surface area contributed by atoms with Crippen LogP contribution in [0.4, 0.5) is 8.78 Å². The molecule has 0 aliphatic carbocycles. The molecule has 5 heterocycles. The van der Waals surface area contributed by atoms with Crippen LogP contribution in [0.15, 0.2) is 36.5 Å². The molecule has 3 atom stereocenters. The third-order valence-corrected chi connectivity index (χ3v) is 6.79. The highest BCUT2D eigenvalue weighted by Crippen LogP contribution is 2.47. The van der Waals surface area contributed by atoms with Gasteiger partial charge in [0.15, 0.2) is 11.6 Å². The van der Waals surface area contributed by atoms with Crippen LogP contribution in [0, 0.1) is 24.5 Å². The van der Waals surface area contributed by atoms with E-state index in [9.17, 15) is 13.6 Å². The van der Waals surface area contributed by atoms with E-state index in [1.54, 1.807) is 24.4 Å². The number of amides is 1. The minimum absolute atomic E-state index is 0.0453. The molecule has 6 heteroatoms. The summed E-state index contributed by atoms with van der Waals surface area (Å²) >= 11 is 0. The molecule has 0 unspecified atom stereocenters. The van der Waals surface area contributed by atoms with Gasteiger partial charge in [0.2, 0.25) is 0 Å². The monoisotopic (exact) mass is 383 g/mol. The number of aryl methyl sites for hydroxylation is 1. The van der Waals surface area contributed by atoms with Gasteiger partial charge in [-0.15, -0.1) is 0 Å². The Kier molecular flexibility index (Phi) is 4.19. The van der Waals surface area contributed by atoms with Crippen LogP contribution in [0.3, 0.4) is 0 Å². The number of likely N-dealkylation sites (tertiary alicyclic amines) is 1. The molecule has 1 aromatic heterocycles. The summed E-state index contributed by atoms with van der Waals surface area (Å²) in [6, 6.07) is 8.12. The third-order valence-electron chi connectivity index (χ3n) is 6.79. The lowest BCUT2D eigenvalue weighted by Gasteiger charge is -2.51. The highest BCUT2D eigenvalue weighted by atomic mass is 19.2. The van der Waals surface area contributed by atoms with E-state index < -0.39 is 11.6 Å². The van der Waals surface area contributed by atoms with Crippen molar-refractivity contribution in [3.8, 4) is 0 Å². The molecule has 4 aliphatic heterocycles. The van der Waals surface area contributed by atoms with Gasteiger partial charge in [0.1, 0.15) is 0 Å². The van der Waals surface area contributed by atoms with Crippen LogP contribution in [0.2, 0.25) is 0 Å². The molecule has 4 nitrogen and oxygen atoms in total. The van der Waals surface area contributed by atoms with Crippen LogP contribution in [-0.4, -0.2) is 52.4 Å². The zero-order valence-corrected chi connectivity index (χ0v) is 15.8. The lowest BCUT2D eigenvalue weighted by Crippen LogP contribution is -2.60. The van der Waals surface area contributed by atoms with Gasteiger partial charge in [-0.1, -0.05) is 12.1 Å². The second kappa shape index (κ2) is 6.62. The minimum Gasteiger partial charge on any atom is -0.333 e. The average Bonchev–Trinajstić information content (AvgIpc) is 3.14. The van der Waals surface area contributed by atoms with Gasteiger partial charge in [-0.05, 0) is 62.5 Å². The van der Waals surface area contributed by atoms with Crippen LogP contribution in [0.25, 0.3) is 0 Å². The SMILES string of the molecule is Cc1ccc(C(=O)N2C[C@H](c3cccc(F)c3F)[C@H]3[C@@H]2C2CCN3CC2)cn1. The van der Waals surface area contributed by atoms with Crippen molar-refractivity contribution >= 4 is 5.91 Å². The van der Waals surface area contributed by atoms with Crippen molar-refractivity contribution in [3.05, 3.63) is 65.0 Å². The van der Waals surface area contributed by atoms with Crippen LogP contribution < -0.4 is 0 Å². The number of pyridine rings is 1. The Morgan fingerprint density at radius 3 is 2.61 bits per heavy atom. The van der Waals surface area contributed by atoms with E-state index >= 15 is 0 Å². The Labute approximate surface area is 163 Å². The summed E-state index contributed by atoms with van der Waals surface area (Å²) in [5.74, 6) is -1.46. The molecule has 146 valence electrons. The summed E-state index contributed by atoms with van der Waals surface area (Å²) in [5, 5.41) is 0. The lowest BCUT2D eigenvalue weighted by molar-refractivity contribution is -0.00360. The molecule has 0 radical (unpaired) electrons. The highest BCUT2D eigenvalue weighted by molar-refractivity contribution is 5.94. The zero-order valence-electron chi connectivity index (χ0n) is 15.8. The molecular weight excluding hydrogens is 360 g/mol. The maximum absolute atomic E-state index is 14.6.